The second-order valence-corrected chi connectivity index (χ2v) is 4.18. The van der Waals surface area contributed by atoms with Crippen LogP contribution >= 0.6 is 0 Å². The van der Waals surface area contributed by atoms with Crippen molar-refractivity contribution >= 4 is 12.2 Å². The van der Waals surface area contributed by atoms with Crippen molar-refractivity contribution in [3.63, 3.8) is 0 Å². The molecule has 0 fully saturated rings. The first kappa shape index (κ1) is 10.3. The second kappa shape index (κ2) is 4.08. The van der Waals surface area contributed by atoms with Crippen molar-refractivity contribution < 1.29 is 0 Å². The summed E-state index contributed by atoms with van der Waals surface area (Å²) in [7, 11) is 0. The van der Waals surface area contributed by atoms with Crippen LogP contribution in [0.2, 0.25) is 6.32 Å². The van der Waals surface area contributed by atoms with Gasteiger partial charge in [-0.15, -0.1) is 0 Å². The maximum absolute atomic E-state index is 9.06. The lowest BCUT2D eigenvalue weighted by molar-refractivity contribution is 0.688. The maximum Gasteiger partial charge on any atom is 0.300 e. The minimum atomic E-state index is 0.0470. The smallest absolute Gasteiger partial charge is 0.300 e. The van der Waals surface area contributed by atoms with Gasteiger partial charge in [0.05, 0.1) is 0 Å². The van der Waals surface area contributed by atoms with Gasteiger partial charge in [0.2, 0.25) is 0 Å². The van der Waals surface area contributed by atoms with Crippen LogP contribution in [0.25, 0.3) is 0 Å². The topological polar surface area (TPSA) is 49.8 Å². The Labute approximate surface area is 91.2 Å². The largest absolute Gasteiger partial charge is 0.324 e. The summed E-state index contributed by atoms with van der Waals surface area (Å²) >= 11 is 0. The molecule has 1 aliphatic rings. The molecule has 1 unspecified atom stereocenters. The molecule has 1 atom stereocenters. The lowest BCUT2D eigenvalue weighted by atomic mass is 9.40. The third-order valence-corrected chi connectivity index (χ3v) is 3.26. The lowest BCUT2D eigenvalue weighted by Gasteiger charge is -2.24. The molecule has 0 aromatic heterocycles. The van der Waals surface area contributed by atoms with Crippen LogP contribution in [0.15, 0.2) is 18.2 Å². The third kappa shape index (κ3) is 1.78. The molecule has 0 radical (unpaired) electrons. The molecule has 3 heteroatoms. The van der Waals surface area contributed by atoms with Crippen molar-refractivity contribution in [3.05, 3.63) is 29.3 Å². The Morgan fingerprint density at radius 2 is 2.40 bits per heavy atom. The van der Waals surface area contributed by atoms with Gasteiger partial charge in [-0.1, -0.05) is 36.9 Å². The highest BCUT2D eigenvalue weighted by Crippen LogP contribution is 2.23. The minimum Gasteiger partial charge on any atom is -0.324 e. The number of hydrogen-bond acceptors (Lipinski definition) is 2. The molecule has 2 rings (SSSR count). The van der Waals surface area contributed by atoms with E-state index in [1.807, 2.05) is 0 Å². The summed E-state index contributed by atoms with van der Waals surface area (Å²) in [5.74, 6) is 2.36. The summed E-state index contributed by atoms with van der Waals surface area (Å²) < 4.78 is 0. The summed E-state index contributed by atoms with van der Waals surface area (Å²) in [6, 6.07) is 6.49. The fourth-order valence-electron chi connectivity index (χ4n) is 2.27. The molecule has 1 aromatic carbocycles. The molecule has 0 amide bonds. The standard InChI is InChI=1S/C12H15BN2/c1-2-9-3-4-11-10(7-9)12(15)5-6-13(11)8-14/h3-4,7,12H,2,5-6,15H2,1H3. The van der Waals surface area contributed by atoms with Crippen LogP contribution in [0.1, 0.15) is 30.5 Å². The molecule has 0 saturated heterocycles. The normalized spacial score (nSPS) is 19.5. The average molecular weight is 198 g/mol. The number of rotatable bonds is 1. The van der Waals surface area contributed by atoms with Gasteiger partial charge in [-0.3, -0.25) is 0 Å². The zero-order chi connectivity index (χ0) is 10.8. The summed E-state index contributed by atoms with van der Waals surface area (Å²) in [5, 5.41) is 9.06. The summed E-state index contributed by atoms with van der Waals surface area (Å²) in [6.07, 6.45) is 2.85. The minimum absolute atomic E-state index is 0.0470. The van der Waals surface area contributed by atoms with E-state index < -0.39 is 0 Å². The van der Waals surface area contributed by atoms with Crippen molar-refractivity contribution in [2.24, 2.45) is 5.73 Å². The predicted molar refractivity (Wildman–Crippen MR) is 63.2 cm³/mol. The molecular weight excluding hydrogens is 183 g/mol. The molecule has 0 bridgehead atoms. The van der Waals surface area contributed by atoms with E-state index in [9.17, 15) is 0 Å². The first-order chi connectivity index (χ1) is 7.26. The van der Waals surface area contributed by atoms with Gasteiger partial charge in [0.25, 0.3) is 0 Å². The van der Waals surface area contributed by atoms with Crippen molar-refractivity contribution in [2.75, 3.05) is 0 Å². The Morgan fingerprint density at radius 3 is 3.07 bits per heavy atom. The highest BCUT2D eigenvalue weighted by molar-refractivity contribution is 6.80. The number of benzene rings is 1. The van der Waals surface area contributed by atoms with Gasteiger partial charge in [0, 0.05) is 12.0 Å². The molecular formula is C12H15BN2. The Balaban J connectivity index is 2.48. The number of nitrogens with two attached hydrogens (primary N) is 1. The second-order valence-electron chi connectivity index (χ2n) is 4.18. The highest BCUT2D eigenvalue weighted by atomic mass is 14.6. The van der Waals surface area contributed by atoms with Gasteiger partial charge in [-0.2, -0.15) is 0 Å². The molecule has 2 N–H and O–H groups in total. The first-order valence-electron chi connectivity index (χ1n) is 5.54. The molecule has 0 spiro atoms. The van der Waals surface area contributed by atoms with Crippen LogP contribution in [-0.4, -0.2) is 6.71 Å². The molecule has 1 aliphatic heterocycles. The van der Waals surface area contributed by atoms with Gasteiger partial charge in [-0.25, -0.2) is 5.26 Å². The fourth-order valence-corrected chi connectivity index (χ4v) is 2.27. The van der Waals surface area contributed by atoms with E-state index >= 15 is 0 Å². The Morgan fingerprint density at radius 1 is 1.60 bits per heavy atom. The Kier molecular flexibility index (Phi) is 2.79. The van der Waals surface area contributed by atoms with Crippen LogP contribution < -0.4 is 11.2 Å². The molecule has 15 heavy (non-hydrogen) atoms. The fraction of sp³-hybridized carbons (Fsp3) is 0.417. The summed E-state index contributed by atoms with van der Waals surface area (Å²) in [6.45, 7) is 2.18. The predicted octanol–water partition coefficient (Wildman–Crippen LogP) is 1.42. The number of fused-ring (bicyclic) bond motifs is 1. The van der Waals surface area contributed by atoms with Gasteiger partial charge in [0.15, 0.2) is 0 Å². The van der Waals surface area contributed by atoms with Crippen molar-refractivity contribution in [2.45, 2.75) is 32.1 Å². The van der Waals surface area contributed by atoms with Crippen LogP contribution in [0.4, 0.5) is 0 Å². The SMILES string of the molecule is CCc1ccc2c(c1)C(N)CCB2C#N. The lowest BCUT2D eigenvalue weighted by Crippen LogP contribution is -2.39. The number of nitriles is 1. The quantitative estimate of drug-likeness (QED) is 0.693. The highest BCUT2D eigenvalue weighted by Gasteiger charge is 2.28. The zero-order valence-corrected chi connectivity index (χ0v) is 9.03. The van der Waals surface area contributed by atoms with Gasteiger partial charge < -0.3 is 5.73 Å². The average Bonchev–Trinajstić information content (AvgIpc) is 2.29. The van der Waals surface area contributed by atoms with Crippen LogP contribution in [0.5, 0.6) is 0 Å². The van der Waals surface area contributed by atoms with E-state index in [2.05, 4.69) is 31.1 Å². The number of nitrogens with zero attached hydrogens (tertiary/aromatic N) is 1. The van der Waals surface area contributed by atoms with Crippen molar-refractivity contribution in [1.29, 1.82) is 5.26 Å². The van der Waals surface area contributed by atoms with Gasteiger partial charge in [0.1, 0.15) is 0 Å². The van der Waals surface area contributed by atoms with E-state index in [4.69, 9.17) is 11.0 Å². The number of aryl methyl sites for hydroxylation is 1. The maximum atomic E-state index is 9.06. The van der Waals surface area contributed by atoms with E-state index in [1.54, 1.807) is 0 Å². The van der Waals surface area contributed by atoms with Crippen molar-refractivity contribution in [1.82, 2.24) is 0 Å². The Hall–Kier alpha value is -1.27. The molecule has 2 nitrogen and oxygen atoms in total. The summed E-state index contributed by atoms with van der Waals surface area (Å²) in [4.78, 5) is 0. The zero-order valence-electron chi connectivity index (χ0n) is 9.03. The van der Waals surface area contributed by atoms with E-state index in [1.165, 1.54) is 11.1 Å². The van der Waals surface area contributed by atoms with Gasteiger partial charge >= 0.3 is 6.71 Å². The monoisotopic (exact) mass is 198 g/mol. The van der Waals surface area contributed by atoms with E-state index in [-0.39, 0.29) is 12.8 Å². The molecule has 1 aromatic rings. The summed E-state index contributed by atoms with van der Waals surface area (Å²) in [5.41, 5.74) is 9.72. The van der Waals surface area contributed by atoms with Gasteiger partial charge in [-0.05, 0) is 24.0 Å². The molecule has 0 saturated carbocycles. The van der Waals surface area contributed by atoms with Crippen molar-refractivity contribution in [3.8, 4) is 5.97 Å². The van der Waals surface area contributed by atoms with E-state index in [0.29, 0.717) is 0 Å². The van der Waals surface area contributed by atoms with Crippen LogP contribution in [0, 0.1) is 11.2 Å². The molecule has 76 valence electrons. The third-order valence-electron chi connectivity index (χ3n) is 3.26. The first-order valence-corrected chi connectivity index (χ1v) is 5.54. The Bertz CT molecular complexity index is 409. The van der Waals surface area contributed by atoms with E-state index in [0.717, 1.165) is 24.6 Å². The molecule has 0 aliphatic carbocycles. The van der Waals surface area contributed by atoms with Crippen LogP contribution in [0.3, 0.4) is 0 Å². The number of hydrogen-bond donors (Lipinski definition) is 1. The van der Waals surface area contributed by atoms with Crippen LogP contribution in [-0.2, 0) is 6.42 Å². The molecule has 1 heterocycles.